The molecule has 7 heteroatoms. The van der Waals surface area contributed by atoms with Crippen molar-refractivity contribution in [1.82, 2.24) is 4.57 Å². The molecule has 0 saturated heterocycles. The summed E-state index contributed by atoms with van der Waals surface area (Å²) in [7, 11) is 0. The summed E-state index contributed by atoms with van der Waals surface area (Å²) in [4.78, 5) is 0. The molecule has 9 rings (SSSR count). The summed E-state index contributed by atoms with van der Waals surface area (Å²) in [5, 5.41) is 46.3. The molecule has 0 atom stereocenters. The molecule has 0 radical (unpaired) electrons. The fourth-order valence-electron chi connectivity index (χ4n) is 8.18. The fourth-order valence-corrected chi connectivity index (χ4v) is 9.32. The summed E-state index contributed by atoms with van der Waals surface area (Å²) < 4.78 is 4.69. The Morgan fingerprint density at radius 2 is 1.30 bits per heavy atom. The van der Waals surface area contributed by atoms with Gasteiger partial charge in [-0.05, 0) is 95.3 Å². The lowest BCUT2D eigenvalue weighted by Gasteiger charge is -2.14. The van der Waals surface area contributed by atoms with Gasteiger partial charge in [0.05, 0.1) is 11.0 Å². The maximum atomic E-state index is 11.1. The second-order valence-electron chi connectivity index (χ2n) is 15.0. The number of nitrogens with zero attached hydrogens (tertiary/aromatic N) is 1. The molecule has 2 aromatic heterocycles. The lowest BCUT2D eigenvalue weighted by atomic mass is 9.95. The van der Waals surface area contributed by atoms with E-state index in [-0.39, 0.29) is 5.57 Å². The van der Waals surface area contributed by atoms with E-state index in [1.165, 1.54) is 10.8 Å². The van der Waals surface area contributed by atoms with Crippen LogP contribution in [0.4, 0.5) is 0 Å². The van der Waals surface area contributed by atoms with Gasteiger partial charge >= 0.3 is 0 Å². The van der Waals surface area contributed by atoms with Crippen LogP contribution in [-0.4, -0.2) is 25.0 Å². The van der Waals surface area contributed by atoms with Crippen LogP contribution in [0.25, 0.3) is 75.6 Å². The van der Waals surface area contributed by atoms with Gasteiger partial charge in [-0.15, -0.1) is 11.3 Å². The molecule has 7 aromatic carbocycles. The molecule has 298 valence electrons. The molecule has 0 unspecified atom stereocenters. The lowest BCUT2D eigenvalue weighted by molar-refractivity contribution is 0.261. The number of allylic oxidation sites excluding steroid dienone is 4. The number of aromatic nitrogens is 1. The number of benzene rings is 7. The van der Waals surface area contributed by atoms with Crippen LogP contribution in [0, 0.1) is 0 Å². The van der Waals surface area contributed by atoms with Gasteiger partial charge < -0.3 is 30.7 Å². The molecule has 0 aliphatic heterocycles. The molecule has 0 amide bonds. The number of hydrogen-bond acceptors (Lipinski definition) is 6. The molecule has 6 N–H and O–H groups in total. The van der Waals surface area contributed by atoms with E-state index in [1.54, 1.807) is 24.3 Å². The minimum atomic E-state index is -0.919. The highest BCUT2D eigenvalue weighted by Crippen LogP contribution is 2.43. The summed E-state index contributed by atoms with van der Waals surface area (Å²) in [5.74, 6) is -3.20. The number of rotatable bonds is 10. The van der Waals surface area contributed by atoms with Crippen molar-refractivity contribution < 1.29 is 20.4 Å². The maximum Gasteiger partial charge on any atom is 0.204 e. The van der Waals surface area contributed by atoms with Crippen LogP contribution >= 0.6 is 11.3 Å². The van der Waals surface area contributed by atoms with E-state index in [1.807, 2.05) is 42.5 Å². The lowest BCUT2D eigenvalue weighted by Crippen LogP contribution is -2.03. The molecule has 2 heterocycles. The Bertz CT molecular complexity index is 3280. The van der Waals surface area contributed by atoms with Crippen molar-refractivity contribution in [2.75, 3.05) is 0 Å². The molecule has 0 aliphatic carbocycles. The number of aliphatic hydroxyl groups is 4. The monoisotopic (exact) mass is 814 g/mol. The van der Waals surface area contributed by atoms with E-state index in [2.05, 4.69) is 139 Å². The second-order valence-corrected chi connectivity index (χ2v) is 16.1. The Morgan fingerprint density at radius 1 is 0.623 bits per heavy atom. The third kappa shape index (κ3) is 7.22. The largest absolute Gasteiger partial charge is 0.505 e. The van der Waals surface area contributed by atoms with Gasteiger partial charge in [-0.1, -0.05) is 134 Å². The summed E-state index contributed by atoms with van der Waals surface area (Å²) in [6, 6.07) is 56.9. The molecule has 0 spiro atoms. The highest BCUT2D eigenvalue weighted by atomic mass is 32.1. The van der Waals surface area contributed by atoms with Crippen LogP contribution in [0.15, 0.2) is 217 Å². The number of thiophene rings is 1. The first-order chi connectivity index (χ1) is 29.7. The van der Waals surface area contributed by atoms with E-state index in [9.17, 15) is 20.4 Å². The first-order valence-corrected chi connectivity index (χ1v) is 20.8. The zero-order valence-electron chi connectivity index (χ0n) is 33.4. The molecule has 0 bridgehead atoms. The van der Waals surface area contributed by atoms with E-state index in [4.69, 9.17) is 5.73 Å². The van der Waals surface area contributed by atoms with Crippen molar-refractivity contribution in [2.45, 2.75) is 13.3 Å². The van der Waals surface area contributed by atoms with Crippen molar-refractivity contribution in [3.05, 3.63) is 228 Å². The van der Waals surface area contributed by atoms with Crippen LogP contribution in [0.5, 0.6) is 0 Å². The van der Waals surface area contributed by atoms with Gasteiger partial charge in [-0.25, -0.2) is 0 Å². The van der Waals surface area contributed by atoms with E-state index < -0.39 is 23.0 Å². The number of aliphatic hydroxyl groups excluding tert-OH is 4. The quantitative estimate of drug-likeness (QED) is 0.0697. The van der Waals surface area contributed by atoms with Crippen LogP contribution < -0.4 is 5.73 Å². The molecule has 0 aliphatic rings. The van der Waals surface area contributed by atoms with Gasteiger partial charge in [0.25, 0.3) is 0 Å². The van der Waals surface area contributed by atoms with Crippen molar-refractivity contribution in [2.24, 2.45) is 5.73 Å². The first-order valence-electron chi connectivity index (χ1n) is 19.9. The van der Waals surface area contributed by atoms with Crippen LogP contribution in [0.2, 0.25) is 0 Å². The molecule has 9 aromatic rings. The summed E-state index contributed by atoms with van der Waals surface area (Å²) in [6.45, 7) is 4.88. The third-order valence-electron chi connectivity index (χ3n) is 11.3. The smallest absolute Gasteiger partial charge is 0.204 e. The summed E-state index contributed by atoms with van der Waals surface area (Å²) >= 11 is 1.74. The topological polar surface area (TPSA) is 112 Å². The van der Waals surface area contributed by atoms with Crippen LogP contribution in [0.1, 0.15) is 18.1 Å². The minimum absolute atomic E-state index is 0.241. The Balaban J connectivity index is 1.24. The Labute approximate surface area is 357 Å². The standard InChI is InChI=1S/C54H42N2O4S/c1-33(52(58)54(60)53(59)34(2)57)39(31-46(55)37-19-10-5-11-20-37)26-25-38-21-14-24-49-50(38)45-32-41(27-28-48(45)61-49)56-47-23-13-12-22-42(47)44-30-40(35-15-6-3-7-16-35)29-43(51(44)56)36-17-8-4-9-18-36/h3-24,26-32,57-60H,2,25,55H2,1H3/b39-26?,46-31-,52-33-,54-53-. The Hall–Kier alpha value is -7.74. The normalized spacial score (nSPS) is 13.2. The highest BCUT2D eigenvalue weighted by Gasteiger charge is 2.21. The predicted molar refractivity (Wildman–Crippen MR) is 254 cm³/mol. The van der Waals surface area contributed by atoms with Crippen molar-refractivity contribution in [3.8, 4) is 27.9 Å². The van der Waals surface area contributed by atoms with Crippen molar-refractivity contribution in [3.63, 3.8) is 0 Å². The molecular weight excluding hydrogens is 773 g/mol. The van der Waals surface area contributed by atoms with E-state index in [0.717, 1.165) is 70.3 Å². The molecular formula is C54H42N2O4S. The first kappa shape index (κ1) is 38.8. The zero-order valence-corrected chi connectivity index (χ0v) is 34.2. The Morgan fingerprint density at radius 3 is 2.02 bits per heavy atom. The number of hydrogen-bond donors (Lipinski definition) is 5. The zero-order chi connectivity index (χ0) is 42.2. The molecule has 61 heavy (non-hydrogen) atoms. The van der Waals surface area contributed by atoms with Gasteiger partial charge in [0.15, 0.2) is 11.5 Å². The maximum absolute atomic E-state index is 11.1. The van der Waals surface area contributed by atoms with Gasteiger partial charge in [-0.3, -0.25) is 0 Å². The van der Waals surface area contributed by atoms with E-state index >= 15 is 0 Å². The number of fused-ring (bicyclic) bond motifs is 6. The SMILES string of the molecule is C=C(O)/C(O)=C(O)\C(O)=C(/C)C(=CCc1cccc2sc3ccc(-n4c5ccccc5c5cc(-c6ccccc6)cc(-c6ccccc6)c54)cc3c12)/C=C(\N)c1ccccc1. The average Bonchev–Trinajstić information content (AvgIpc) is 3.85. The minimum Gasteiger partial charge on any atom is -0.505 e. The number of nitrogens with two attached hydrogens (primary N) is 1. The molecule has 6 nitrogen and oxygen atoms in total. The summed E-state index contributed by atoms with van der Waals surface area (Å²) in [5.41, 5.74) is 17.5. The van der Waals surface area contributed by atoms with Crippen LogP contribution in [-0.2, 0) is 6.42 Å². The van der Waals surface area contributed by atoms with Crippen LogP contribution in [0.3, 0.4) is 0 Å². The fraction of sp³-hybridized carbons (Fsp3) is 0.0370. The average molecular weight is 815 g/mol. The highest BCUT2D eigenvalue weighted by molar-refractivity contribution is 7.25. The van der Waals surface area contributed by atoms with Gasteiger partial charge in [0.2, 0.25) is 11.5 Å². The van der Waals surface area contributed by atoms with E-state index in [0.29, 0.717) is 17.7 Å². The predicted octanol–water partition coefficient (Wildman–Crippen LogP) is 14.2. The van der Waals surface area contributed by atoms with Gasteiger partial charge in [0, 0.05) is 53.5 Å². The third-order valence-corrected chi connectivity index (χ3v) is 12.4. The van der Waals surface area contributed by atoms with Gasteiger partial charge in [-0.2, -0.15) is 0 Å². The van der Waals surface area contributed by atoms with Gasteiger partial charge in [0.1, 0.15) is 0 Å². The number of para-hydroxylation sites is 1. The Kier molecular flexibility index (Phi) is 10.3. The molecule has 0 fully saturated rings. The summed E-state index contributed by atoms with van der Waals surface area (Å²) in [6.07, 6.45) is 4.13. The molecule has 0 saturated carbocycles. The second kappa shape index (κ2) is 16.1. The van der Waals surface area contributed by atoms with Crippen molar-refractivity contribution in [1.29, 1.82) is 0 Å². The van der Waals surface area contributed by atoms with Crippen molar-refractivity contribution >= 4 is 59.0 Å².